The summed E-state index contributed by atoms with van der Waals surface area (Å²) in [6, 6.07) is 4.00. The minimum Gasteiger partial charge on any atom is -0.416 e. The maximum absolute atomic E-state index is 12.5. The number of carbonyl (C=O) groups is 1. The van der Waals surface area contributed by atoms with Gasteiger partial charge in [0.2, 0.25) is 0 Å². The number of amides is 1. The number of nitrogens with one attached hydrogen (secondary N) is 1. The predicted octanol–water partition coefficient (Wildman–Crippen LogP) is 5.22. The van der Waals surface area contributed by atoms with Gasteiger partial charge in [-0.3, -0.25) is 4.79 Å². The zero-order chi connectivity index (χ0) is 20.2. The number of hydrogen-bond acceptors (Lipinski definition) is 3. The van der Waals surface area contributed by atoms with E-state index in [4.69, 9.17) is 4.43 Å². The van der Waals surface area contributed by atoms with E-state index in [1.54, 1.807) is 6.92 Å². The molecule has 0 spiro atoms. The van der Waals surface area contributed by atoms with Crippen LogP contribution >= 0.6 is 0 Å². The summed E-state index contributed by atoms with van der Waals surface area (Å²) < 4.78 is 43.6. The minimum atomic E-state index is -4.42. The number of nitrogens with zero attached hydrogens (tertiary/aromatic N) is 1. The first kappa shape index (κ1) is 22.4. The van der Waals surface area contributed by atoms with Crippen molar-refractivity contribution in [3.8, 4) is 0 Å². The first-order valence-electron chi connectivity index (χ1n) is 8.39. The number of hydrazone groups is 1. The summed E-state index contributed by atoms with van der Waals surface area (Å²) in [5, 5.41) is 4.10. The standard InChI is InChI=1S/C18H27F3N2O2Si/c1-13(11-12-25-26(5,6)17(2,3)4)22-23-16(24)14-7-9-15(10-8-14)18(19,20)21/h7-10H,11-12H2,1-6H3,(H,23,24)/b22-13-. The molecule has 0 radical (unpaired) electrons. The lowest BCUT2D eigenvalue weighted by Gasteiger charge is -2.36. The molecule has 0 bridgehead atoms. The van der Waals surface area contributed by atoms with Crippen molar-refractivity contribution in [2.45, 2.75) is 58.4 Å². The second kappa shape index (κ2) is 8.35. The van der Waals surface area contributed by atoms with Gasteiger partial charge in [-0.1, -0.05) is 20.8 Å². The molecule has 1 aromatic rings. The Hall–Kier alpha value is -1.67. The van der Waals surface area contributed by atoms with E-state index in [-0.39, 0.29) is 10.6 Å². The Morgan fingerprint density at radius 1 is 1.15 bits per heavy atom. The molecule has 0 heterocycles. The molecule has 0 unspecified atom stereocenters. The number of hydrogen-bond donors (Lipinski definition) is 1. The quantitative estimate of drug-likeness (QED) is 0.412. The molecule has 1 amide bonds. The van der Waals surface area contributed by atoms with Crippen LogP contribution in [-0.4, -0.2) is 26.5 Å². The van der Waals surface area contributed by atoms with Crippen molar-refractivity contribution in [1.29, 1.82) is 0 Å². The molecule has 146 valence electrons. The van der Waals surface area contributed by atoms with Gasteiger partial charge in [0.15, 0.2) is 8.32 Å². The van der Waals surface area contributed by atoms with Crippen molar-refractivity contribution in [2.24, 2.45) is 5.10 Å². The molecule has 0 aliphatic rings. The molecular weight excluding hydrogens is 361 g/mol. The fourth-order valence-corrected chi connectivity index (χ4v) is 2.79. The molecule has 1 aromatic carbocycles. The molecular formula is C18H27F3N2O2Si. The number of rotatable bonds is 6. The van der Waals surface area contributed by atoms with Gasteiger partial charge >= 0.3 is 6.18 Å². The molecule has 1 rings (SSSR count). The van der Waals surface area contributed by atoms with Crippen LogP contribution in [0.5, 0.6) is 0 Å². The zero-order valence-corrected chi connectivity index (χ0v) is 17.1. The van der Waals surface area contributed by atoms with Crippen LogP contribution in [0.25, 0.3) is 0 Å². The Morgan fingerprint density at radius 2 is 1.69 bits per heavy atom. The van der Waals surface area contributed by atoms with Gasteiger partial charge in [-0.25, -0.2) is 5.43 Å². The summed E-state index contributed by atoms with van der Waals surface area (Å²) in [5.41, 5.74) is 2.37. The maximum Gasteiger partial charge on any atom is 0.416 e. The van der Waals surface area contributed by atoms with E-state index in [9.17, 15) is 18.0 Å². The highest BCUT2D eigenvalue weighted by Gasteiger charge is 2.36. The number of halogens is 3. The SMILES string of the molecule is C/C(CCO[Si](C)(C)C(C)(C)C)=N/NC(=O)c1ccc(C(F)(F)F)cc1. The molecule has 0 saturated heterocycles. The van der Waals surface area contributed by atoms with Crippen molar-refractivity contribution in [3.63, 3.8) is 0 Å². The van der Waals surface area contributed by atoms with Gasteiger partial charge in [0.1, 0.15) is 0 Å². The van der Waals surface area contributed by atoms with Crippen LogP contribution in [0, 0.1) is 0 Å². The van der Waals surface area contributed by atoms with Gasteiger partial charge in [-0.05, 0) is 49.3 Å². The monoisotopic (exact) mass is 388 g/mol. The summed E-state index contributed by atoms with van der Waals surface area (Å²) >= 11 is 0. The van der Waals surface area contributed by atoms with Crippen LogP contribution in [0.1, 0.15) is 50.0 Å². The van der Waals surface area contributed by atoms with Gasteiger partial charge in [0, 0.05) is 24.3 Å². The Morgan fingerprint density at radius 3 is 2.15 bits per heavy atom. The van der Waals surface area contributed by atoms with Crippen molar-refractivity contribution >= 4 is 19.9 Å². The third kappa shape index (κ3) is 6.57. The van der Waals surface area contributed by atoms with Crippen LogP contribution < -0.4 is 5.43 Å². The lowest BCUT2D eigenvalue weighted by molar-refractivity contribution is -0.137. The molecule has 0 aromatic heterocycles. The molecule has 4 nitrogen and oxygen atoms in total. The van der Waals surface area contributed by atoms with Crippen LogP contribution in [-0.2, 0) is 10.6 Å². The molecule has 0 saturated carbocycles. The average molecular weight is 389 g/mol. The van der Waals surface area contributed by atoms with E-state index in [0.29, 0.717) is 18.7 Å². The van der Waals surface area contributed by atoms with Crippen LogP contribution in [0.15, 0.2) is 29.4 Å². The van der Waals surface area contributed by atoms with Crippen LogP contribution in [0.2, 0.25) is 18.1 Å². The van der Waals surface area contributed by atoms with Gasteiger partial charge in [0.05, 0.1) is 5.56 Å². The Labute approximate surface area is 154 Å². The van der Waals surface area contributed by atoms with Crippen LogP contribution in [0.4, 0.5) is 13.2 Å². The summed E-state index contributed by atoms with van der Waals surface area (Å²) in [7, 11) is -1.82. The van der Waals surface area contributed by atoms with Crippen molar-refractivity contribution < 1.29 is 22.4 Å². The molecule has 0 fully saturated rings. The molecule has 0 aliphatic carbocycles. The van der Waals surface area contributed by atoms with E-state index in [1.165, 1.54) is 0 Å². The van der Waals surface area contributed by atoms with Crippen LogP contribution in [0.3, 0.4) is 0 Å². The summed E-state index contributed by atoms with van der Waals surface area (Å²) in [5.74, 6) is -0.552. The van der Waals surface area contributed by atoms with Gasteiger partial charge < -0.3 is 4.43 Å². The highest BCUT2D eigenvalue weighted by molar-refractivity contribution is 6.74. The maximum atomic E-state index is 12.5. The van der Waals surface area contributed by atoms with Gasteiger partial charge in [-0.15, -0.1) is 0 Å². The zero-order valence-electron chi connectivity index (χ0n) is 16.1. The highest BCUT2D eigenvalue weighted by Crippen LogP contribution is 2.36. The predicted molar refractivity (Wildman–Crippen MR) is 99.8 cm³/mol. The molecule has 26 heavy (non-hydrogen) atoms. The molecule has 0 atom stereocenters. The van der Waals surface area contributed by atoms with E-state index in [1.807, 2.05) is 0 Å². The second-order valence-electron chi connectivity index (χ2n) is 7.72. The number of carbonyl (C=O) groups excluding carboxylic acids is 1. The Bertz CT molecular complexity index is 648. The first-order valence-corrected chi connectivity index (χ1v) is 11.3. The third-order valence-corrected chi connectivity index (χ3v) is 9.09. The molecule has 0 aliphatic heterocycles. The highest BCUT2D eigenvalue weighted by atomic mass is 28.4. The largest absolute Gasteiger partial charge is 0.416 e. The lowest BCUT2D eigenvalue weighted by atomic mass is 10.1. The van der Waals surface area contributed by atoms with Gasteiger partial charge in [-0.2, -0.15) is 18.3 Å². The van der Waals surface area contributed by atoms with E-state index < -0.39 is 26.0 Å². The smallest absolute Gasteiger partial charge is 0.416 e. The van der Waals surface area contributed by atoms with E-state index >= 15 is 0 Å². The molecule has 8 heteroatoms. The Balaban J connectivity index is 2.55. The topological polar surface area (TPSA) is 50.7 Å². The second-order valence-corrected chi connectivity index (χ2v) is 12.5. The van der Waals surface area contributed by atoms with E-state index in [2.05, 4.69) is 44.4 Å². The lowest BCUT2D eigenvalue weighted by Crippen LogP contribution is -2.41. The Kier molecular flexibility index (Phi) is 7.18. The number of alkyl halides is 3. The third-order valence-electron chi connectivity index (χ3n) is 4.56. The average Bonchev–Trinajstić information content (AvgIpc) is 2.50. The summed E-state index contributed by atoms with van der Waals surface area (Å²) in [6.45, 7) is 13.1. The van der Waals surface area contributed by atoms with Crippen molar-refractivity contribution in [3.05, 3.63) is 35.4 Å². The fraction of sp³-hybridized carbons (Fsp3) is 0.556. The van der Waals surface area contributed by atoms with Crippen molar-refractivity contribution in [2.75, 3.05) is 6.61 Å². The minimum absolute atomic E-state index is 0.118. The normalized spacial score (nSPS) is 13.7. The van der Waals surface area contributed by atoms with E-state index in [0.717, 1.165) is 24.3 Å². The van der Waals surface area contributed by atoms with Gasteiger partial charge in [0.25, 0.3) is 5.91 Å². The first-order chi connectivity index (χ1) is 11.7. The van der Waals surface area contributed by atoms with Crippen molar-refractivity contribution in [1.82, 2.24) is 5.43 Å². The summed E-state index contributed by atoms with van der Waals surface area (Å²) in [4.78, 5) is 12.0. The fourth-order valence-electron chi connectivity index (χ4n) is 1.75. The summed E-state index contributed by atoms with van der Waals surface area (Å²) in [6.07, 6.45) is -3.85. The molecule has 1 N–H and O–H groups in total. The number of benzene rings is 1.